The third-order valence-corrected chi connectivity index (χ3v) is 8.82. The molecule has 0 aliphatic heterocycles. The molecule has 0 saturated heterocycles. The summed E-state index contributed by atoms with van der Waals surface area (Å²) in [5.74, 6) is 0. The maximum atomic E-state index is 6.74. The van der Waals surface area contributed by atoms with Crippen LogP contribution < -0.4 is 0 Å². The topological polar surface area (TPSA) is 120 Å². The standard InChI is InChI=1S/C47H72O13/c1-2-3-19-48-20-21-49-22-23-50-24-25-51-26-27-52-28-29-53-30-31-54-32-33-55-34-35-56-36-37-57-38-39-58-40-41-59-42-43-60-47(44-13-7-4-8-14-44,45-15-9-5-10-16-45)46-17-11-6-12-18-46/h4-18H,2-3,19-43H2,1H3. The molecule has 0 aromatic heterocycles. The molecule has 338 valence electrons. The molecule has 0 N–H and O–H groups in total. The average molecular weight is 845 g/mol. The number of ether oxygens (including phenoxy) is 13. The van der Waals surface area contributed by atoms with Crippen LogP contribution >= 0.6 is 0 Å². The third kappa shape index (κ3) is 24.5. The van der Waals surface area contributed by atoms with Crippen molar-refractivity contribution < 1.29 is 61.6 Å². The lowest BCUT2D eigenvalue weighted by Gasteiger charge is -2.36. The molecular weight excluding hydrogens is 773 g/mol. The molecule has 0 atom stereocenters. The molecule has 0 bridgehead atoms. The van der Waals surface area contributed by atoms with Crippen LogP contribution in [-0.2, 0) is 67.2 Å². The van der Waals surface area contributed by atoms with Crippen molar-refractivity contribution in [2.75, 3.05) is 165 Å². The van der Waals surface area contributed by atoms with E-state index in [2.05, 4.69) is 43.3 Å². The first kappa shape index (κ1) is 51.5. The van der Waals surface area contributed by atoms with Gasteiger partial charge >= 0.3 is 0 Å². The van der Waals surface area contributed by atoms with Gasteiger partial charge in [0.15, 0.2) is 0 Å². The molecule has 0 heterocycles. The van der Waals surface area contributed by atoms with Gasteiger partial charge in [0, 0.05) is 6.61 Å². The van der Waals surface area contributed by atoms with Crippen LogP contribution in [0.3, 0.4) is 0 Å². The molecule has 0 aliphatic rings. The van der Waals surface area contributed by atoms with Gasteiger partial charge in [0.25, 0.3) is 0 Å². The summed E-state index contributed by atoms with van der Waals surface area (Å²) in [4.78, 5) is 0. The van der Waals surface area contributed by atoms with Crippen molar-refractivity contribution >= 4 is 0 Å². The predicted molar refractivity (Wildman–Crippen MR) is 230 cm³/mol. The summed E-state index contributed by atoms with van der Waals surface area (Å²) in [5, 5.41) is 0. The van der Waals surface area contributed by atoms with Gasteiger partial charge in [-0.05, 0) is 23.1 Å². The van der Waals surface area contributed by atoms with Gasteiger partial charge in [0.2, 0.25) is 0 Å². The molecule has 13 nitrogen and oxygen atoms in total. The molecule has 0 unspecified atom stereocenters. The van der Waals surface area contributed by atoms with Crippen LogP contribution in [0.15, 0.2) is 91.0 Å². The fourth-order valence-corrected chi connectivity index (χ4v) is 5.79. The van der Waals surface area contributed by atoms with E-state index in [1.54, 1.807) is 0 Å². The summed E-state index contributed by atoms with van der Waals surface area (Å²) in [6.07, 6.45) is 2.23. The maximum absolute atomic E-state index is 6.74. The lowest BCUT2D eigenvalue weighted by Crippen LogP contribution is -2.34. The Kier molecular flexibility index (Phi) is 32.5. The highest BCUT2D eigenvalue weighted by Gasteiger charge is 2.37. The second kappa shape index (κ2) is 37.9. The van der Waals surface area contributed by atoms with Crippen molar-refractivity contribution in [3.63, 3.8) is 0 Å². The number of benzene rings is 3. The highest BCUT2D eigenvalue weighted by Crippen LogP contribution is 2.40. The van der Waals surface area contributed by atoms with E-state index in [4.69, 9.17) is 61.6 Å². The Morgan fingerprint density at radius 3 is 0.683 bits per heavy atom. The Morgan fingerprint density at radius 1 is 0.267 bits per heavy atom. The molecule has 0 saturated carbocycles. The predicted octanol–water partition coefficient (Wildman–Crippen LogP) is 5.99. The van der Waals surface area contributed by atoms with Gasteiger partial charge in [-0.2, -0.15) is 0 Å². The Morgan fingerprint density at radius 2 is 0.467 bits per heavy atom. The van der Waals surface area contributed by atoms with Crippen LogP contribution in [0.4, 0.5) is 0 Å². The zero-order chi connectivity index (χ0) is 42.1. The minimum absolute atomic E-state index is 0.414. The molecule has 3 aromatic carbocycles. The molecule has 60 heavy (non-hydrogen) atoms. The summed E-state index contributed by atoms with van der Waals surface area (Å²) in [6.45, 7) is 15.2. The maximum Gasteiger partial charge on any atom is 0.143 e. The second-order valence-corrected chi connectivity index (χ2v) is 13.3. The van der Waals surface area contributed by atoms with Crippen molar-refractivity contribution in [1.82, 2.24) is 0 Å². The van der Waals surface area contributed by atoms with Crippen LogP contribution in [-0.4, -0.2) is 165 Å². The molecular formula is C47H72O13. The van der Waals surface area contributed by atoms with E-state index in [1.807, 2.05) is 54.6 Å². The number of unbranched alkanes of at least 4 members (excludes halogenated alkanes) is 1. The SMILES string of the molecule is CCCCOCCOCCOCCOCCOCCOCCOCCOCCOCCOCCOCCOCCOC(c1ccccc1)(c1ccccc1)c1ccccc1. The summed E-state index contributed by atoms with van der Waals surface area (Å²) < 4.78 is 73.4. The molecule has 3 rings (SSSR count). The van der Waals surface area contributed by atoms with Crippen molar-refractivity contribution in [3.8, 4) is 0 Å². The minimum Gasteiger partial charge on any atom is -0.379 e. The first-order valence-electron chi connectivity index (χ1n) is 21.6. The van der Waals surface area contributed by atoms with E-state index < -0.39 is 5.60 Å². The van der Waals surface area contributed by atoms with Gasteiger partial charge in [0.1, 0.15) is 5.60 Å². The number of hydrogen-bond acceptors (Lipinski definition) is 13. The van der Waals surface area contributed by atoms with Crippen molar-refractivity contribution in [2.45, 2.75) is 25.4 Å². The molecule has 0 spiro atoms. The Hall–Kier alpha value is -2.86. The second-order valence-electron chi connectivity index (χ2n) is 13.3. The Labute approximate surface area is 359 Å². The van der Waals surface area contributed by atoms with Gasteiger partial charge in [-0.15, -0.1) is 0 Å². The van der Waals surface area contributed by atoms with Crippen LogP contribution in [0.1, 0.15) is 36.5 Å². The first-order valence-corrected chi connectivity index (χ1v) is 21.6. The van der Waals surface area contributed by atoms with E-state index in [9.17, 15) is 0 Å². The zero-order valence-corrected chi connectivity index (χ0v) is 36.1. The smallest absolute Gasteiger partial charge is 0.143 e. The first-order chi connectivity index (χ1) is 29.9. The molecule has 0 radical (unpaired) electrons. The van der Waals surface area contributed by atoms with Gasteiger partial charge < -0.3 is 61.6 Å². The fourth-order valence-electron chi connectivity index (χ4n) is 5.79. The van der Waals surface area contributed by atoms with Gasteiger partial charge in [-0.3, -0.25) is 0 Å². The van der Waals surface area contributed by atoms with Crippen molar-refractivity contribution in [1.29, 1.82) is 0 Å². The van der Waals surface area contributed by atoms with Crippen molar-refractivity contribution in [3.05, 3.63) is 108 Å². The van der Waals surface area contributed by atoms with E-state index in [0.717, 1.165) is 36.1 Å². The normalized spacial score (nSPS) is 11.8. The lowest BCUT2D eigenvalue weighted by atomic mass is 9.80. The molecule has 0 amide bonds. The van der Waals surface area contributed by atoms with Gasteiger partial charge in [-0.25, -0.2) is 0 Å². The minimum atomic E-state index is -0.753. The number of hydrogen-bond donors (Lipinski definition) is 0. The fraction of sp³-hybridized carbons (Fsp3) is 0.617. The highest BCUT2D eigenvalue weighted by molar-refractivity contribution is 5.47. The Bertz CT molecular complexity index is 1230. The molecule has 0 aliphatic carbocycles. The van der Waals surface area contributed by atoms with E-state index >= 15 is 0 Å². The molecule has 0 fully saturated rings. The third-order valence-electron chi connectivity index (χ3n) is 8.82. The van der Waals surface area contributed by atoms with Crippen LogP contribution in [0, 0.1) is 0 Å². The van der Waals surface area contributed by atoms with Crippen LogP contribution in [0.25, 0.3) is 0 Å². The molecule has 13 heteroatoms. The van der Waals surface area contributed by atoms with E-state index in [1.165, 1.54) is 0 Å². The average Bonchev–Trinajstić information content (AvgIpc) is 3.29. The largest absolute Gasteiger partial charge is 0.379 e. The van der Waals surface area contributed by atoms with Gasteiger partial charge in [0.05, 0.1) is 159 Å². The quantitative estimate of drug-likeness (QED) is 0.0491. The lowest BCUT2D eigenvalue weighted by molar-refractivity contribution is -0.0399. The zero-order valence-electron chi connectivity index (χ0n) is 36.1. The van der Waals surface area contributed by atoms with Gasteiger partial charge in [-0.1, -0.05) is 104 Å². The summed E-state index contributed by atoms with van der Waals surface area (Å²) in [7, 11) is 0. The molecule has 3 aromatic rings. The number of rotatable bonds is 43. The summed E-state index contributed by atoms with van der Waals surface area (Å²) >= 11 is 0. The summed E-state index contributed by atoms with van der Waals surface area (Å²) in [5.41, 5.74) is 2.45. The van der Waals surface area contributed by atoms with Crippen LogP contribution in [0.5, 0.6) is 0 Å². The van der Waals surface area contributed by atoms with Crippen LogP contribution in [0.2, 0.25) is 0 Å². The summed E-state index contributed by atoms with van der Waals surface area (Å²) in [6, 6.07) is 31.0. The van der Waals surface area contributed by atoms with Crippen molar-refractivity contribution in [2.24, 2.45) is 0 Å². The highest BCUT2D eigenvalue weighted by atomic mass is 16.6. The van der Waals surface area contributed by atoms with E-state index in [-0.39, 0.29) is 0 Å². The Balaban J connectivity index is 1.01. The van der Waals surface area contributed by atoms with E-state index in [0.29, 0.717) is 159 Å². The monoisotopic (exact) mass is 844 g/mol.